The molecule has 3 N–H and O–H groups in total. The quantitative estimate of drug-likeness (QED) is 0.797. The number of benzene rings is 1. The molecule has 0 saturated carbocycles. The fraction of sp³-hybridized carbons (Fsp3) is 0.533. The third-order valence-electron chi connectivity index (χ3n) is 3.87. The maximum atomic E-state index is 12.3. The molecule has 2 rings (SSSR count). The van der Waals surface area contributed by atoms with Gasteiger partial charge in [-0.25, -0.2) is 0 Å². The van der Waals surface area contributed by atoms with Gasteiger partial charge in [0.05, 0.1) is 7.11 Å². The third-order valence-corrected chi connectivity index (χ3v) is 3.87. The minimum absolute atomic E-state index is 0.158. The van der Waals surface area contributed by atoms with E-state index in [9.17, 15) is 4.79 Å². The van der Waals surface area contributed by atoms with Crippen LogP contribution in [0.1, 0.15) is 23.7 Å². The van der Waals surface area contributed by atoms with Gasteiger partial charge in [0.1, 0.15) is 11.3 Å². The number of ether oxygens (including phenoxy) is 1. The fourth-order valence-electron chi connectivity index (χ4n) is 2.65. The zero-order valence-electron chi connectivity index (χ0n) is 12.2. The summed E-state index contributed by atoms with van der Waals surface area (Å²) in [7, 11) is 1.54. The lowest BCUT2D eigenvalue weighted by Gasteiger charge is -2.15. The highest BCUT2D eigenvalue weighted by Gasteiger charge is 2.22. The van der Waals surface area contributed by atoms with Crippen molar-refractivity contribution in [2.45, 2.75) is 13.3 Å². The summed E-state index contributed by atoms with van der Waals surface area (Å²) in [5.74, 6) is 0.883. The molecule has 20 heavy (non-hydrogen) atoms. The predicted octanol–water partition coefficient (Wildman–Crippen LogP) is 1.35. The molecule has 1 amide bonds. The molecular weight excluding hydrogens is 254 g/mol. The van der Waals surface area contributed by atoms with Gasteiger partial charge in [0.25, 0.3) is 5.91 Å². The van der Waals surface area contributed by atoms with Crippen LogP contribution in [0.15, 0.2) is 18.2 Å². The first-order valence-electron chi connectivity index (χ1n) is 7.08. The van der Waals surface area contributed by atoms with Crippen LogP contribution in [0.4, 0.5) is 5.69 Å². The maximum Gasteiger partial charge on any atom is 0.257 e. The summed E-state index contributed by atoms with van der Waals surface area (Å²) in [5, 5.41) is 2.98. The Labute approximate surface area is 120 Å². The second kappa shape index (κ2) is 6.61. The topological polar surface area (TPSA) is 67.6 Å². The molecule has 0 bridgehead atoms. The molecule has 1 fully saturated rings. The number of methoxy groups -OCH3 is 1. The highest BCUT2D eigenvalue weighted by Crippen LogP contribution is 2.24. The number of carbonyl (C=O) groups excluding carboxylic acids is 1. The van der Waals surface area contributed by atoms with Crippen LogP contribution in [0, 0.1) is 5.92 Å². The van der Waals surface area contributed by atoms with Gasteiger partial charge in [-0.05, 0) is 37.6 Å². The highest BCUT2D eigenvalue weighted by molar-refractivity contribution is 6.01. The van der Waals surface area contributed by atoms with E-state index in [1.54, 1.807) is 25.3 Å². The molecule has 0 spiro atoms. The number of nitrogen functional groups attached to an aromatic ring is 1. The molecule has 1 saturated heterocycles. The number of carbonyl (C=O) groups is 1. The SMILES string of the molecule is CCN1CCC(CNC(=O)c2c(N)cccc2OC)C1. The predicted molar refractivity (Wildman–Crippen MR) is 80.0 cm³/mol. The molecule has 0 aliphatic carbocycles. The smallest absolute Gasteiger partial charge is 0.257 e. The molecule has 1 unspecified atom stereocenters. The van der Waals surface area contributed by atoms with Crippen LogP contribution in [0.5, 0.6) is 5.75 Å². The van der Waals surface area contributed by atoms with Gasteiger partial charge in [0.15, 0.2) is 0 Å². The first-order valence-corrected chi connectivity index (χ1v) is 7.08. The largest absolute Gasteiger partial charge is 0.496 e. The van der Waals surface area contributed by atoms with Crippen molar-refractivity contribution in [3.8, 4) is 5.75 Å². The highest BCUT2D eigenvalue weighted by atomic mass is 16.5. The van der Waals surface area contributed by atoms with Gasteiger partial charge in [-0.3, -0.25) is 4.79 Å². The summed E-state index contributed by atoms with van der Waals surface area (Å²) in [6, 6.07) is 5.24. The summed E-state index contributed by atoms with van der Waals surface area (Å²) in [4.78, 5) is 14.7. The number of rotatable bonds is 5. The van der Waals surface area contributed by atoms with Crippen LogP contribution >= 0.6 is 0 Å². The Morgan fingerprint density at radius 3 is 3.00 bits per heavy atom. The first-order chi connectivity index (χ1) is 9.65. The van der Waals surface area contributed by atoms with E-state index in [2.05, 4.69) is 17.1 Å². The Morgan fingerprint density at radius 1 is 1.55 bits per heavy atom. The molecule has 110 valence electrons. The molecule has 1 aliphatic rings. The van der Waals surface area contributed by atoms with Gasteiger partial charge < -0.3 is 20.7 Å². The summed E-state index contributed by atoms with van der Waals surface area (Å²) in [5.41, 5.74) is 6.75. The molecule has 1 aliphatic heterocycles. The molecule has 0 aromatic heterocycles. The van der Waals surface area contributed by atoms with Crippen molar-refractivity contribution in [2.24, 2.45) is 5.92 Å². The lowest BCUT2D eigenvalue weighted by Crippen LogP contribution is -2.31. The average molecular weight is 277 g/mol. The van der Waals surface area contributed by atoms with E-state index in [4.69, 9.17) is 10.5 Å². The standard InChI is InChI=1S/C15H23N3O2/c1-3-18-8-7-11(10-18)9-17-15(19)14-12(16)5-4-6-13(14)20-2/h4-6,11H,3,7-10,16H2,1-2H3,(H,17,19). The summed E-state index contributed by atoms with van der Waals surface area (Å²) in [6.45, 7) is 6.10. The Balaban J connectivity index is 1.96. The van der Waals surface area contributed by atoms with Crippen molar-refractivity contribution in [1.82, 2.24) is 10.2 Å². The lowest BCUT2D eigenvalue weighted by atomic mass is 10.1. The van der Waals surface area contributed by atoms with E-state index in [1.165, 1.54) is 0 Å². The Hall–Kier alpha value is -1.75. The normalized spacial score (nSPS) is 19.0. The van der Waals surface area contributed by atoms with Gasteiger partial charge in [0.2, 0.25) is 0 Å². The molecule has 1 aromatic rings. The molecule has 1 atom stereocenters. The Bertz CT molecular complexity index is 476. The summed E-state index contributed by atoms with van der Waals surface area (Å²) in [6.07, 6.45) is 1.13. The minimum Gasteiger partial charge on any atom is -0.496 e. The maximum absolute atomic E-state index is 12.3. The monoisotopic (exact) mass is 277 g/mol. The van der Waals surface area contributed by atoms with Gasteiger partial charge >= 0.3 is 0 Å². The van der Waals surface area contributed by atoms with Gasteiger partial charge in [0, 0.05) is 18.8 Å². The molecule has 5 heteroatoms. The summed E-state index contributed by atoms with van der Waals surface area (Å²) < 4.78 is 5.20. The first kappa shape index (κ1) is 14.7. The lowest BCUT2D eigenvalue weighted by molar-refractivity contribution is 0.0945. The van der Waals surface area contributed by atoms with Crippen LogP contribution in [-0.4, -0.2) is 44.1 Å². The second-order valence-corrected chi connectivity index (χ2v) is 5.18. The number of nitrogens with zero attached hydrogens (tertiary/aromatic N) is 1. The van der Waals surface area contributed by atoms with Gasteiger partial charge in [-0.1, -0.05) is 13.0 Å². The number of hydrogen-bond acceptors (Lipinski definition) is 4. The van der Waals surface area contributed by atoms with Crippen molar-refractivity contribution in [3.05, 3.63) is 23.8 Å². The molecular formula is C15H23N3O2. The molecule has 1 aromatic carbocycles. The van der Waals surface area contributed by atoms with Crippen LogP contribution in [0.25, 0.3) is 0 Å². The Kier molecular flexibility index (Phi) is 4.84. The molecule has 5 nitrogen and oxygen atoms in total. The number of likely N-dealkylation sites (tertiary alicyclic amines) is 1. The Morgan fingerprint density at radius 2 is 2.35 bits per heavy atom. The van der Waals surface area contributed by atoms with E-state index in [-0.39, 0.29) is 5.91 Å². The van der Waals surface area contributed by atoms with Crippen LogP contribution < -0.4 is 15.8 Å². The average Bonchev–Trinajstić information content (AvgIpc) is 2.92. The number of nitrogens with one attached hydrogen (secondary N) is 1. The number of nitrogens with two attached hydrogens (primary N) is 1. The van der Waals surface area contributed by atoms with Crippen LogP contribution in [0.3, 0.4) is 0 Å². The van der Waals surface area contributed by atoms with Gasteiger partial charge in [-0.2, -0.15) is 0 Å². The molecule has 1 heterocycles. The second-order valence-electron chi connectivity index (χ2n) is 5.18. The van der Waals surface area contributed by atoms with Crippen LogP contribution in [0.2, 0.25) is 0 Å². The van der Waals surface area contributed by atoms with Crippen molar-refractivity contribution in [1.29, 1.82) is 0 Å². The van der Waals surface area contributed by atoms with E-state index < -0.39 is 0 Å². The van der Waals surface area contributed by atoms with Crippen LogP contribution in [-0.2, 0) is 0 Å². The fourth-order valence-corrected chi connectivity index (χ4v) is 2.65. The van der Waals surface area contributed by atoms with Crippen molar-refractivity contribution in [3.63, 3.8) is 0 Å². The van der Waals surface area contributed by atoms with Crippen molar-refractivity contribution >= 4 is 11.6 Å². The number of anilines is 1. The van der Waals surface area contributed by atoms with Crippen molar-refractivity contribution in [2.75, 3.05) is 39.0 Å². The zero-order chi connectivity index (χ0) is 14.5. The van der Waals surface area contributed by atoms with E-state index in [0.29, 0.717) is 29.5 Å². The number of hydrogen-bond donors (Lipinski definition) is 2. The van der Waals surface area contributed by atoms with E-state index >= 15 is 0 Å². The molecule has 0 radical (unpaired) electrons. The minimum atomic E-state index is -0.158. The van der Waals surface area contributed by atoms with Crippen molar-refractivity contribution < 1.29 is 9.53 Å². The third kappa shape index (κ3) is 3.22. The van der Waals surface area contributed by atoms with E-state index in [0.717, 1.165) is 26.1 Å². The summed E-state index contributed by atoms with van der Waals surface area (Å²) >= 11 is 0. The zero-order valence-corrected chi connectivity index (χ0v) is 12.2. The number of amides is 1. The van der Waals surface area contributed by atoms with E-state index in [1.807, 2.05) is 0 Å². The van der Waals surface area contributed by atoms with Gasteiger partial charge in [-0.15, -0.1) is 0 Å².